The molecule has 3 N–H and O–H groups in total. The number of benzene rings is 1. The van der Waals surface area contributed by atoms with Gasteiger partial charge in [0.05, 0.1) is 11.9 Å². The summed E-state index contributed by atoms with van der Waals surface area (Å²) < 4.78 is 13.8. The molecule has 0 aliphatic rings. The third kappa shape index (κ3) is 3.88. The molecule has 2 aromatic rings. The maximum absolute atomic E-state index is 13.0. The fourth-order valence-electron chi connectivity index (χ4n) is 1.95. The summed E-state index contributed by atoms with van der Waals surface area (Å²) in [6.07, 6.45) is 5.95. The average Bonchev–Trinajstić information content (AvgIpc) is 2.83. The standard InChI is InChI=1S/C14H17BrFN3/c15-12-8-10(16)5-6-11(12)13-9-18-14(19-13)4-2-1-3-7-17/h5-6,8-9H,1-4,7,17H2,(H,18,19). The molecule has 102 valence electrons. The van der Waals surface area contributed by atoms with Gasteiger partial charge in [0.25, 0.3) is 0 Å². The molecule has 0 atom stereocenters. The van der Waals surface area contributed by atoms with E-state index in [-0.39, 0.29) is 5.82 Å². The highest BCUT2D eigenvalue weighted by Gasteiger charge is 2.07. The number of hydrogen-bond donors (Lipinski definition) is 2. The first-order valence-electron chi connectivity index (χ1n) is 6.40. The zero-order chi connectivity index (χ0) is 13.7. The molecule has 0 aliphatic heterocycles. The van der Waals surface area contributed by atoms with Gasteiger partial charge in [0.2, 0.25) is 0 Å². The number of unbranched alkanes of at least 4 members (excludes halogenated alkanes) is 2. The molecule has 2 rings (SSSR count). The summed E-state index contributed by atoms with van der Waals surface area (Å²) in [4.78, 5) is 7.62. The van der Waals surface area contributed by atoms with E-state index in [1.165, 1.54) is 12.1 Å². The van der Waals surface area contributed by atoms with Gasteiger partial charge in [0, 0.05) is 16.5 Å². The number of aromatic amines is 1. The minimum absolute atomic E-state index is 0.253. The third-order valence-electron chi connectivity index (χ3n) is 2.97. The maximum Gasteiger partial charge on any atom is 0.124 e. The van der Waals surface area contributed by atoms with Crippen molar-refractivity contribution in [2.24, 2.45) is 5.73 Å². The van der Waals surface area contributed by atoms with E-state index in [1.54, 1.807) is 12.3 Å². The molecule has 19 heavy (non-hydrogen) atoms. The van der Waals surface area contributed by atoms with Crippen LogP contribution in [0.4, 0.5) is 4.39 Å². The highest BCUT2D eigenvalue weighted by Crippen LogP contribution is 2.27. The molecule has 0 saturated carbocycles. The van der Waals surface area contributed by atoms with Crippen LogP contribution >= 0.6 is 15.9 Å². The van der Waals surface area contributed by atoms with Crippen molar-refractivity contribution in [3.05, 3.63) is 40.5 Å². The predicted octanol–water partition coefficient (Wildman–Crippen LogP) is 3.65. The van der Waals surface area contributed by atoms with Crippen LogP contribution in [0.3, 0.4) is 0 Å². The minimum Gasteiger partial charge on any atom is -0.342 e. The molecule has 0 amide bonds. The highest BCUT2D eigenvalue weighted by atomic mass is 79.9. The molecule has 1 aromatic carbocycles. The number of rotatable bonds is 6. The summed E-state index contributed by atoms with van der Waals surface area (Å²) in [7, 11) is 0. The molecular formula is C14H17BrFN3. The monoisotopic (exact) mass is 325 g/mol. The van der Waals surface area contributed by atoms with Crippen molar-refractivity contribution in [1.29, 1.82) is 0 Å². The van der Waals surface area contributed by atoms with Crippen LogP contribution in [0.1, 0.15) is 25.1 Å². The zero-order valence-corrected chi connectivity index (χ0v) is 12.2. The van der Waals surface area contributed by atoms with Crippen LogP contribution in [0.2, 0.25) is 0 Å². The average molecular weight is 326 g/mol. The Morgan fingerprint density at radius 3 is 2.84 bits per heavy atom. The summed E-state index contributed by atoms with van der Waals surface area (Å²) in [6, 6.07) is 4.64. The van der Waals surface area contributed by atoms with E-state index >= 15 is 0 Å². The van der Waals surface area contributed by atoms with Crippen LogP contribution in [-0.4, -0.2) is 16.5 Å². The molecule has 0 unspecified atom stereocenters. The lowest BCUT2D eigenvalue weighted by atomic mass is 10.1. The van der Waals surface area contributed by atoms with Gasteiger partial charge >= 0.3 is 0 Å². The van der Waals surface area contributed by atoms with Crippen LogP contribution in [0.5, 0.6) is 0 Å². The highest BCUT2D eigenvalue weighted by molar-refractivity contribution is 9.10. The number of nitrogens with zero attached hydrogens (tertiary/aromatic N) is 1. The molecule has 0 bridgehead atoms. The molecule has 1 aromatic heterocycles. The SMILES string of the molecule is NCCCCCc1ncc(-c2ccc(F)cc2Br)[nH]1. The fourth-order valence-corrected chi connectivity index (χ4v) is 2.51. The number of aromatic nitrogens is 2. The van der Waals surface area contributed by atoms with Crippen LogP contribution in [0, 0.1) is 5.82 Å². The van der Waals surface area contributed by atoms with E-state index in [4.69, 9.17) is 5.73 Å². The molecular weight excluding hydrogens is 309 g/mol. The van der Waals surface area contributed by atoms with Crippen molar-refractivity contribution in [3.63, 3.8) is 0 Å². The molecule has 0 spiro atoms. The van der Waals surface area contributed by atoms with Gasteiger partial charge in [0.1, 0.15) is 11.6 Å². The lowest BCUT2D eigenvalue weighted by Crippen LogP contribution is -1.98. The summed E-state index contributed by atoms with van der Waals surface area (Å²) in [5.74, 6) is 0.709. The number of nitrogens with one attached hydrogen (secondary N) is 1. The number of halogens is 2. The van der Waals surface area contributed by atoms with E-state index in [1.807, 2.05) is 0 Å². The Morgan fingerprint density at radius 1 is 1.26 bits per heavy atom. The van der Waals surface area contributed by atoms with Gasteiger partial charge < -0.3 is 10.7 Å². The van der Waals surface area contributed by atoms with Crippen molar-refractivity contribution in [1.82, 2.24) is 9.97 Å². The lowest BCUT2D eigenvalue weighted by Gasteiger charge is -2.01. The Kier molecular flexibility index (Phi) is 5.10. The number of imidazole rings is 1. The van der Waals surface area contributed by atoms with Crippen LogP contribution in [-0.2, 0) is 6.42 Å². The predicted molar refractivity (Wildman–Crippen MR) is 78.3 cm³/mol. The largest absolute Gasteiger partial charge is 0.342 e. The number of hydrogen-bond acceptors (Lipinski definition) is 2. The minimum atomic E-state index is -0.253. The summed E-state index contributed by atoms with van der Waals surface area (Å²) in [6.45, 7) is 0.742. The van der Waals surface area contributed by atoms with Gasteiger partial charge in [-0.3, -0.25) is 0 Å². The summed E-state index contributed by atoms with van der Waals surface area (Å²) in [5.41, 5.74) is 7.28. The summed E-state index contributed by atoms with van der Waals surface area (Å²) in [5, 5.41) is 0. The second kappa shape index (κ2) is 6.82. The first kappa shape index (κ1) is 14.2. The molecule has 1 heterocycles. The lowest BCUT2D eigenvalue weighted by molar-refractivity contribution is 0.627. The number of aryl methyl sites for hydroxylation is 1. The summed E-state index contributed by atoms with van der Waals surface area (Å²) >= 11 is 3.36. The second-order valence-electron chi connectivity index (χ2n) is 4.47. The van der Waals surface area contributed by atoms with Gasteiger partial charge in [-0.1, -0.05) is 6.42 Å². The molecule has 0 fully saturated rings. The van der Waals surface area contributed by atoms with Crippen LogP contribution in [0.15, 0.2) is 28.9 Å². The Bertz CT molecular complexity index is 539. The molecule has 5 heteroatoms. The smallest absolute Gasteiger partial charge is 0.124 e. The second-order valence-corrected chi connectivity index (χ2v) is 5.32. The normalized spacial score (nSPS) is 10.9. The van der Waals surface area contributed by atoms with Crippen molar-refractivity contribution in [2.45, 2.75) is 25.7 Å². The number of nitrogens with two attached hydrogens (primary N) is 1. The van der Waals surface area contributed by atoms with Gasteiger partial charge in [0.15, 0.2) is 0 Å². The Morgan fingerprint density at radius 2 is 2.11 bits per heavy atom. The number of H-pyrrole nitrogens is 1. The molecule has 3 nitrogen and oxygen atoms in total. The van der Waals surface area contributed by atoms with Gasteiger partial charge in [-0.05, 0) is 53.5 Å². The Hall–Kier alpha value is -1.20. The maximum atomic E-state index is 13.0. The topological polar surface area (TPSA) is 54.7 Å². The molecule has 0 saturated heterocycles. The van der Waals surface area contributed by atoms with Crippen LogP contribution in [0.25, 0.3) is 11.3 Å². The molecule has 0 aliphatic carbocycles. The van der Waals surface area contributed by atoms with Gasteiger partial charge in [-0.2, -0.15) is 0 Å². The van der Waals surface area contributed by atoms with Crippen molar-refractivity contribution in [3.8, 4) is 11.3 Å². The van der Waals surface area contributed by atoms with Crippen LogP contribution < -0.4 is 5.73 Å². The Balaban J connectivity index is 2.04. The zero-order valence-electron chi connectivity index (χ0n) is 10.6. The molecule has 0 radical (unpaired) electrons. The van der Waals surface area contributed by atoms with Crippen molar-refractivity contribution < 1.29 is 4.39 Å². The van der Waals surface area contributed by atoms with Crippen molar-refractivity contribution >= 4 is 15.9 Å². The first-order valence-corrected chi connectivity index (χ1v) is 7.19. The third-order valence-corrected chi connectivity index (χ3v) is 3.62. The fraction of sp³-hybridized carbons (Fsp3) is 0.357. The van der Waals surface area contributed by atoms with E-state index in [0.29, 0.717) is 0 Å². The van der Waals surface area contributed by atoms with Gasteiger partial charge in [-0.25, -0.2) is 9.37 Å². The van der Waals surface area contributed by atoms with E-state index in [2.05, 4.69) is 25.9 Å². The quantitative estimate of drug-likeness (QED) is 0.796. The van der Waals surface area contributed by atoms with Gasteiger partial charge in [-0.15, -0.1) is 0 Å². The Labute approximate surface area is 120 Å². The van der Waals surface area contributed by atoms with E-state index < -0.39 is 0 Å². The van der Waals surface area contributed by atoms with E-state index in [0.717, 1.165) is 53.8 Å². The van der Waals surface area contributed by atoms with E-state index in [9.17, 15) is 4.39 Å². The van der Waals surface area contributed by atoms with Crippen molar-refractivity contribution in [2.75, 3.05) is 6.54 Å². The first-order chi connectivity index (χ1) is 9.20.